The molecule has 0 aliphatic carbocycles. The maximum atomic E-state index is 13.7. The van der Waals surface area contributed by atoms with Gasteiger partial charge in [0.1, 0.15) is 11.6 Å². The van der Waals surface area contributed by atoms with Crippen LogP contribution in [0, 0.1) is 25.5 Å². The molecule has 1 unspecified atom stereocenters. The molecule has 3 nitrogen and oxygen atoms in total. The number of benzene rings is 1. The zero-order valence-corrected chi connectivity index (χ0v) is 11.5. The van der Waals surface area contributed by atoms with Crippen LogP contribution in [0.25, 0.3) is 0 Å². The van der Waals surface area contributed by atoms with Gasteiger partial charge >= 0.3 is 0 Å². The van der Waals surface area contributed by atoms with Crippen molar-refractivity contribution in [1.82, 2.24) is 9.78 Å². The normalized spacial score (nSPS) is 12.5. The molecule has 2 aromatic rings. The fourth-order valence-electron chi connectivity index (χ4n) is 2.12. The fraction of sp³-hybridized carbons (Fsp3) is 0.357. The van der Waals surface area contributed by atoms with Crippen molar-refractivity contribution in [2.45, 2.75) is 26.8 Å². The monoisotopic (exact) mass is 265 g/mol. The molecule has 0 spiro atoms. The first-order valence-electron chi connectivity index (χ1n) is 6.12. The second-order valence-electron chi connectivity index (χ2n) is 4.70. The zero-order valence-electron chi connectivity index (χ0n) is 11.5. The topological polar surface area (TPSA) is 29.9 Å². The molecule has 1 aromatic carbocycles. The molecular formula is C14H17F2N3. The lowest BCUT2D eigenvalue weighted by Gasteiger charge is -2.16. The zero-order chi connectivity index (χ0) is 14.2. The quantitative estimate of drug-likeness (QED) is 0.920. The molecule has 0 amide bonds. The van der Waals surface area contributed by atoms with Crippen LogP contribution < -0.4 is 5.32 Å². The molecule has 1 heterocycles. The molecule has 0 aliphatic rings. The van der Waals surface area contributed by atoms with Gasteiger partial charge in [-0.2, -0.15) is 5.10 Å². The summed E-state index contributed by atoms with van der Waals surface area (Å²) < 4.78 is 28.7. The van der Waals surface area contributed by atoms with E-state index >= 15 is 0 Å². The summed E-state index contributed by atoms with van der Waals surface area (Å²) in [4.78, 5) is 0. The Morgan fingerprint density at radius 3 is 2.53 bits per heavy atom. The number of hydrogen-bond acceptors (Lipinski definition) is 2. The van der Waals surface area contributed by atoms with Gasteiger partial charge in [-0.25, -0.2) is 8.78 Å². The Hall–Kier alpha value is -1.91. The Balaban J connectivity index is 2.30. The van der Waals surface area contributed by atoms with Crippen LogP contribution in [-0.4, -0.2) is 9.78 Å². The molecular weight excluding hydrogens is 248 g/mol. The number of aromatic nitrogens is 2. The van der Waals surface area contributed by atoms with Crippen molar-refractivity contribution in [2.24, 2.45) is 7.05 Å². The van der Waals surface area contributed by atoms with Gasteiger partial charge in [-0.1, -0.05) is 0 Å². The van der Waals surface area contributed by atoms with Gasteiger partial charge in [0.15, 0.2) is 0 Å². The molecule has 1 N–H and O–H groups in total. The number of nitrogens with one attached hydrogen (secondary N) is 1. The number of nitrogens with zero attached hydrogens (tertiary/aromatic N) is 2. The summed E-state index contributed by atoms with van der Waals surface area (Å²) in [6.45, 7) is 5.60. The molecule has 5 heteroatoms. The SMILES string of the molecule is Cc1nn(C)c(C)c1NC(C)c1cc(F)ccc1F. The van der Waals surface area contributed by atoms with Crippen molar-refractivity contribution in [3.05, 3.63) is 46.8 Å². The van der Waals surface area contributed by atoms with E-state index in [1.165, 1.54) is 6.07 Å². The van der Waals surface area contributed by atoms with E-state index in [1.54, 1.807) is 11.6 Å². The van der Waals surface area contributed by atoms with Crippen LogP contribution in [0.3, 0.4) is 0 Å². The van der Waals surface area contributed by atoms with Crippen LogP contribution in [-0.2, 0) is 7.05 Å². The van der Waals surface area contributed by atoms with Crippen molar-refractivity contribution in [1.29, 1.82) is 0 Å². The highest BCUT2D eigenvalue weighted by molar-refractivity contribution is 5.53. The summed E-state index contributed by atoms with van der Waals surface area (Å²) >= 11 is 0. The molecule has 0 saturated carbocycles. The van der Waals surface area contributed by atoms with E-state index in [9.17, 15) is 8.78 Å². The van der Waals surface area contributed by atoms with Gasteiger partial charge < -0.3 is 5.32 Å². The standard InChI is InChI=1S/C14H17F2N3/c1-8(12-7-11(15)5-6-13(12)16)17-14-9(2)18-19(4)10(14)3/h5-8,17H,1-4H3. The summed E-state index contributed by atoms with van der Waals surface area (Å²) in [7, 11) is 1.85. The van der Waals surface area contributed by atoms with Crippen molar-refractivity contribution in [2.75, 3.05) is 5.32 Å². The van der Waals surface area contributed by atoms with Gasteiger partial charge in [-0.3, -0.25) is 4.68 Å². The molecule has 2 rings (SSSR count). The molecule has 0 bridgehead atoms. The van der Waals surface area contributed by atoms with E-state index in [1.807, 2.05) is 20.9 Å². The van der Waals surface area contributed by atoms with Crippen LogP contribution in [0.2, 0.25) is 0 Å². The highest BCUT2D eigenvalue weighted by Crippen LogP contribution is 2.26. The number of rotatable bonds is 3. The maximum absolute atomic E-state index is 13.7. The van der Waals surface area contributed by atoms with Gasteiger partial charge in [-0.05, 0) is 39.0 Å². The van der Waals surface area contributed by atoms with Gasteiger partial charge in [-0.15, -0.1) is 0 Å². The van der Waals surface area contributed by atoms with E-state index in [0.717, 1.165) is 29.2 Å². The Bertz CT molecular complexity index is 605. The molecule has 0 radical (unpaired) electrons. The number of aryl methyl sites for hydroxylation is 2. The third kappa shape index (κ3) is 2.59. The number of hydrogen-bond donors (Lipinski definition) is 1. The van der Waals surface area contributed by atoms with Gasteiger partial charge in [0.2, 0.25) is 0 Å². The first-order chi connectivity index (χ1) is 8.90. The lowest BCUT2D eigenvalue weighted by atomic mass is 10.1. The van der Waals surface area contributed by atoms with Gasteiger partial charge in [0, 0.05) is 12.6 Å². The minimum Gasteiger partial charge on any atom is -0.375 e. The third-order valence-electron chi connectivity index (χ3n) is 3.29. The van der Waals surface area contributed by atoms with E-state index in [0.29, 0.717) is 5.56 Å². The van der Waals surface area contributed by atoms with Crippen LogP contribution in [0.4, 0.5) is 14.5 Å². The average molecular weight is 265 g/mol. The first-order valence-corrected chi connectivity index (χ1v) is 6.12. The summed E-state index contributed by atoms with van der Waals surface area (Å²) in [5.74, 6) is -0.856. The Morgan fingerprint density at radius 1 is 1.26 bits per heavy atom. The highest BCUT2D eigenvalue weighted by Gasteiger charge is 2.16. The van der Waals surface area contributed by atoms with Crippen molar-refractivity contribution >= 4 is 5.69 Å². The Morgan fingerprint density at radius 2 is 1.95 bits per heavy atom. The molecule has 0 saturated heterocycles. The van der Waals surface area contributed by atoms with Gasteiger partial charge in [0.05, 0.1) is 23.1 Å². The summed E-state index contributed by atoms with van der Waals surface area (Å²) in [6.07, 6.45) is 0. The summed E-state index contributed by atoms with van der Waals surface area (Å²) in [6, 6.07) is 3.14. The minimum atomic E-state index is -0.440. The second-order valence-corrected chi connectivity index (χ2v) is 4.70. The molecule has 19 heavy (non-hydrogen) atoms. The van der Waals surface area contributed by atoms with Gasteiger partial charge in [0.25, 0.3) is 0 Å². The van der Waals surface area contributed by atoms with Crippen molar-refractivity contribution in [3.8, 4) is 0 Å². The second kappa shape index (κ2) is 4.99. The first kappa shape index (κ1) is 13.5. The van der Waals surface area contributed by atoms with Crippen LogP contribution in [0.5, 0.6) is 0 Å². The molecule has 0 fully saturated rings. The average Bonchev–Trinajstić information content (AvgIpc) is 2.59. The number of halogens is 2. The van der Waals surface area contributed by atoms with E-state index < -0.39 is 11.6 Å². The summed E-state index contributed by atoms with van der Waals surface area (Å²) in [5, 5.41) is 7.48. The molecule has 1 aromatic heterocycles. The van der Waals surface area contributed by atoms with Crippen molar-refractivity contribution in [3.63, 3.8) is 0 Å². The largest absolute Gasteiger partial charge is 0.375 e. The number of anilines is 1. The maximum Gasteiger partial charge on any atom is 0.128 e. The Kier molecular flexibility index (Phi) is 3.55. The predicted molar refractivity (Wildman–Crippen MR) is 71.1 cm³/mol. The molecule has 102 valence electrons. The van der Waals surface area contributed by atoms with Crippen LogP contribution in [0.1, 0.15) is 29.9 Å². The highest BCUT2D eigenvalue weighted by atomic mass is 19.1. The Labute approximate surface area is 111 Å². The lowest BCUT2D eigenvalue weighted by molar-refractivity contribution is 0.577. The third-order valence-corrected chi connectivity index (χ3v) is 3.29. The lowest BCUT2D eigenvalue weighted by Crippen LogP contribution is -2.10. The fourth-order valence-corrected chi connectivity index (χ4v) is 2.12. The van der Waals surface area contributed by atoms with E-state index in [-0.39, 0.29) is 6.04 Å². The van der Waals surface area contributed by atoms with E-state index in [2.05, 4.69) is 10.4 Å². The van der Waals surface area contributed by atoms with Crippen LogP contribution >= 0.6 is 0 Å². The predicted octanol–water partition coefficient (Wildman–Crippen LogP) is 3.49. The van der Waals surface area contributed by atoms with Crippen molar-refractivity contribution < 1.29 is 8.78 Å². The summed E-state index contributed by atoms with van der Waals surface area (Å²) in [5.41, 5.74) is 2.96. The van der Waals surface area contributed by atoms with E-state index in [4.69, 9.17) is 0 Å². The molecule has 0 aliphatic heterocycles. The minimum absolute atomic E-state index is 0.308. The van der Waals surface area contributed by atoms with Crippen LogP contribution in [0.15, 0.2) is 18.2 Å². The smallest absolute Gasteiger partial charge is 0.128 e. The molecule has 1 atom stereocenters.